The van der Waals surface area contributed by atoms with Gasteiger partial charge in [-0.25, -0.2) is 0 Å². The number of hydrogen-bond donors (Lipinski definition) is 2. The standard InChI is InChI=1S/ClH.H3O4P.Rh.Zr/c;1-5(2,3)4;;/h1H;(H3,1,2,3,4);;/q;;2*+1/p-2. The van der Waals surface area contributed by atoms with Crippen LogP contribution < -0.4 is 0 Å². The van der Waals surface area contributed by atoms with E-state index in [-0.39, 0.29) is 0 Å². The average Bonchev–Trinajstić information content (AvgIpc) is 1.71. The first-order valence-corrected chi connectivity index (χ1v) is 5.74. The van der Waals surface area contributed by atoms with Crippen molar-refractivity contribution >= 4 is 17.5 Å². The second-order valence-electron chi connectivity index (χ2n) is 0.582. The predicted octanol–water partition coefficient (Wildman–Crippen LogP) is 0.244. The van der Waals surface area contributed by atoms with E-state index in [2.05, 4.69) is 12.3 Å². The van der Waals surface area contributed by atoms with E-state index in [1.807, 2.05) is 17.3 Å². The van der Waals surface area contributed by atoms with Crippen molar-refractivity contribution in [2.75, 3.05) is 0 Å². The molecular formula is H2ClO4PRhZr. The van der Waals surface area contributed by atoms with Crippen LogP contribution in [0.1, 0.15) is 0 Å². The zero-order chi connectivity index (χ0) is 7.21. The zero-order valence-electron chi connectivity index (χ0n) is 3.37. The monoisotopic (exact) mass is 325 g/mol. The second-order valence-corrected chi connectivity index (χ2v) is 3.09. The Morgan fingerprint density at radius 3 is 1.75 bits per heavy atom. The zero-order valence-corrected chi connectivity index (χ0v) is 9.12. The Kier molecular flexibility index (Phi) is 11.0. The van der Waals surface area contributed by atoms with Crippen molar-refractivity contribution in [3.05, 3.63) is 0 Å². The SMILES string of the molecule is O=P(O)(O)[O][Zr].[Cl][Rh]. The molecule has 0 aliphatic rings. The summed E-state index contributed by atoms with van der Waals surface area (Å²) in [5.74, 6) is 0. The molecule has 0 radical (unpaired) electrons. The van der Waals surface area contributed by atoms with Gasteiger partial charge in [-0.2, -0.15) is 0 Å². The van der Waals surface area contributed by atoms with Crippen LogP contribution in [0.15, 0.2) is 0 Å². The average molecular weight is 327 g/mol. The molecule has 2 N–H and O–H groups in total. The van der Waals surface area contributed by atoms with E-state index in [0.29, 0.717) is 25.2 Å². The van der Waals surface area contributed by atoms with E-state index >= 15 is 0 Å². The summed E-state index contributed by atoms with van der Waals surface area (Å²) in [5, 5.41) is 0. The minimum atomic E-state index is -4.11. The Hall–Kier alpha value is 1.91. The molecule has 0 saturated heterocycles. The van der Waals surface area contributed by atoms with Gasteiger partial charge in [0.1, 0.15) is 0 Å². The molecule has 0 aromatic rings. The first-order chi connectivity index (χ1) is 3.56. The molecule has 0 aromatic carbocycles. The van der Waals surface area contributed by atoms with Crippen LogP contribution in [-0.2, 0) is 49.6 Å². The molecule has 0 saturated carbocycles. The van der Waals surface area contributed by atoms with E-state index in [1.54, 1.807) is 0 Å². The third-order valence-electron chi connectivity index (χ3n) is 0.119. The molecule has 8 heteroatoms. The van der Waals surface area contributed by atoms with Gasteiger partial charge in [0.2, 0.25) is 0 Å². The van der Waals surface area contributed by atoms with E-state index in [1.165, 1.54) is 0 Å². The second kappa shape index (κ2) is 7.02. The molecule has 0 atom stereocenters. The molecule has 0 aromatic heterocycles. The summed E-state index contributed by atoms with van der Waals surface area (Å²) in [6, 6.07) is 0. The van der Waals surface area contributed by atoms with Crippen molar-refractivity contribution in [2.24, 2.45) is 0 Å². The topological polar surface area (TPSA) is 66.8 Å². The molecule has 0 fully saturated rings. The fourth-order valence-corrected chi connectivity index (χ4v) is 0. The summed E-state index contributed by atoms with van der Waals surface area (Å²) < 4.78 is 13.2. The Morgan fingerprint density at radius 1 is 1.62 bits per heavy atom. The minimum absolute atomic E-state index is 0.388. The van der Waals surface area contributed by atoms with Gasteiger partial charge in [-0.15, -0.1) is 0 Å². The van der Waals surface area contributed by atoms with Gasteiger partial charge < -0.3 is 0 Å². The van der Waals surface area contributed by atoms with Gasteiger partial charge in [0.15, 0.2) is 0 Å². The molecule has 0 heterocycles. The van der Waals surface area contributed by atoms with Gasteiger partial charge in [-0.1, -0.05) is 0 Å². The van der Waals surface area contributed by atoms with Crippen molar-refractivity contribution in [3.63, 3.8) is 0 Å². The van der Waals surface area contributed by atoms with Gasteiger partial charge in [-0.05, 0) is 0 Å². The first kappa shape index (κ1) is 12.6. The number of hydrogen-bond acceptors (Lipinski definition) is 2. The summed E-state index contributed by atoms with van der Waals surface area (Å²) in [5.41, 5.74) is 0. The van der Waals surface area contributed by atoms with E-state index < -0.39 is 7.82 Å². The van der Waals surface area contributed by atoms with Gasteiger partial charge in [0, 0.05) is 0 Å². The Morgan fingerprint density at radius 2 is 1.75 bits per heavy atom. The van der Waals surface area contributed by atoms with Gasteiger partial charge in [0.05, 0.1) is 0 Å². The fraction of sp³-hybridized carbons (Fsp3) is 0. The molecule has 0 bridgehead atoms. The first-order valence-electron chi connectivity index (χ1n) is 1.10. The van der Waals surface area contributed by atoms with Crippen molar-refractivity contribution in [1.82, 2.24) is 0 Å². The molecular weight excluding hydrogens is 325 g/mol. The fourth-order valence-electron chi connectivity index (χ4n) is 0. The molecule has 8 heavy (non-hydrogen) atoms. The van der Waals surface area contributed by atoms with E-state index in [4.69, 9.17) is 9.79 Å². The quantitative estimate of drug-likeness (QED) is 0.535. The Bertz CT molecular complexity index is 80.1. The molecule has 51 valence electrons. The normalized spacial score (nSPS) is 9.50. The maximum absolute atomic E-state index is 9.49. The molecule has 0 aliphatic heterocycles. The summed E-state index contributed by atoms with van der Waals surface area (Å²) in [4.78, 5) is 15.5. The summed E-state index contributed by atoms with van der Waals surface area (Å²) in [6.45, 7) is 0. The molecule has 0 aliphatic carbocycles. The molecule has 0 unspecified atom stereocenters. The van der Waals surface area contributed by atoms with Crippen LogP contribution in [0.4, 0.5) is 0 Å². The van der Waals surface area contributed by atoms with Crippen LogP contribution in [0, 0.1) is 0 Å². The number of halogens is 1. The Balaban J connectivity index is 0. The van der Waals surface area contributed by atoms with E-state index in [9.17, 15) is 4.57 Å². The molecule has 4 nitrogen and oxygen atoms in total. The molecule has 0 amide bonds. The maximum atomic E-state index is 9.49. The summed E-state index contributed by atoms with van der Waals surface area (Å²) >= 11 is 2.41. The number of rotatable bonds is 1. The predicted molar refractivity (Wildman–Crippen MR) is 19.0 cm³/mol. The third kappa shape index (κ3) is 15.7. The van der Waals surface area contributed by atoms with Crippen LogP contribution in [0.3, 0.4) is 0 Å². The van der Waals surface area contributed by atoms with Gasteiger partial charge in [0.25, 0.3) is 0 Å². The summed E-state index contributed by atoms with van der Waals surface area (Å²) in [6.07, 6.45) is 0. The van der Waals surface area contributed by atoms with Crippen LogP contribution >= 0.6 is 17.5 Å². The Labute approximate surface area is 76.4 Å². The van der Waals surface area contributed by atoms with Crippen LogP contribution in [0.2, 0.25) is 0 Å². The molecule has 0 rings (SSSR count). The summed E-state index contributed by atoms with van der Waals surface area (Å²) in [7, 11) is 0.422. The van der Waals surface area contributed by atoms with Gasteiger partial charge >= 0.3 is 76.9 Å². The van der Waals surface area contributed by atoms with Crippen LogP contribution in [0.5, 0.6) is 0 Å². The molecule has 0 spiro atoms. The number of phosphoric acid groups is 1. The van der Waals surface area contributed by atoms with E-state index in [0.717, 1.165) is 0 Å². The van der Waals surface area contributed by atoms with Crippen LogP contribution in [0.25, 0.3) is 0 Å². The van der Waals surface area contributed by atoms with Crippen molar-refractivity contribution < 1.29 is 59.4 Å². The van der Waals surface area contributed by atoms with Crippen molar-refractivity contribution in [2.45, 2.75) is 0 Å². The van der Waals surface area contributed by atoms with Crippen molar-refractivity contribution in [3.8, 4) is 0 Å². The van der Waals surface area contributed by atoms with Gasteiger partial charge in [-0.3, -0.25) is 0 Å². The van der Waals surface area contributed by atoms with Crippen molar-refractivity contribution in [1.29, 1.82) is 0 Å². The van der Waals surface area contributed by atoms with Crippen LogP contribution in [-0.4, -0.2) is 9.79 Å². The third-order valence-corrected chi connectivity index (χ3v) is 2.11.